The van der Waals surface area contributed by atoms with E-state index in [9.17, 15) is 4.21 Å². The molecule has 0 heterocycles. The van der Waals surface area contributed by atoms with Crippen LogP contribution in [0.1, 0.15) is 39.0 Å². The lowest BCUT2D eigenvalue weighted by molar-refractivity contribution is 0.407. The minimum absolute atomic E-state index is 0.151. The fourth-order valence-corrected chi connectivity index (χ4v) is 5.38. The molecule has 0 aliphatic heterocycles. The second kappa shape index (κ2) is 4.81. The lowest BCUT2D eigenvalue weighted by Crippen LogP contribution is -2.37. The molecule has 0 spiro atoms. The average molecular weight is 251 g/mol. The quantitative estimate of drug-likeness (QED) is 0.784. The van der Waals surface area contributed by atoms with Crippen LogP contribution in [0.25, 0.3) is 0 Å². The molecule has 2 rings (SSSR count). The Morgan fingerprint density at radius 3 is 2.24 bits per heavy atom. The van der Waals surface area contributed by atoms with E-state index in [0.717, 1.165) is 17.7 Å². The van der Waals surface area contributed by atoms with Gasteiger partial charge in [-0.15, -0.1) is 0 Å². The van der Waals surface area contributed by atoms with Gasteiger partial charge in [0.2, 0.25) is 0 Å². The molecular formula is C14H21NOS. The van der Waals surface area contributed by atoms with Gasteiger partial charge in [0.1, 0.15) is 0 Å². The van der Waals surface area contributed by atoms with Crippen molar-refractivity contribution >= 4 is 9.73 Å². The average Bonchev–Trinajstić information content (AvgIpc) is 2.39. The number of rotatable bonds is 2. The maximum atomic E-state index is 13.3. The highest BCUT2D eigenvalue weighted by molar-refractivity contribution is 7.95. The van der Waals surface area contributed by atoms with Crippen molar-refractivity contribution in [2.24, 2.45) is 4.36 Å². The first-order valence-corrected chi connectivity index (χ1v) is 7.84. The van der Waals surface area contributed by atoms with Crippen LogP contribution in [0.3, 0.4) is 0 Å². The summed E-state index contributed by atoms with van der Waals surface area (Å²) in [5.74, 6) is 0. The summed E-state index contributed by atoms with van der Waals surface area (Å²) in [6.07, 6.45) is 5.67. The van der Waals surface area contributed by atoms with E-state index in [-0.39, 0.29) is 4.75 Å². The van der Waals surface area contributed by atoms with Crippen LogP contribution in [0.5, 0.6) is 0 Å². The summed E-state index contributed by atoms with van der Waals surface area (Å²) in [6.45, 7) is 2.15. The first kappa shape index (κ1) is 12.6. The van der Waals surface area contributed by atoms with Gasteiger partial charge in [0.15, 0.2) is 0 Å². The molecule has 0 aromatic heterocycles. The van der Waals surface area contributed by atoms with E-state index in [1.54, 1.807) is 7.05 Å². The molecule has 1 saturated carbocycles. The fraction of sp³-hybridized carbons (Fsp3) is 0.571. The van der Waals surface area contributed by atoms with Crippen LogP contribution in [0.15, 0.2) is 39.6 Å². The zero-order valence-electron chi connectivity index (χ0n) is 10.7. The van der Waals surface area contributed by atoms with Gasteiger partial charge in [-0.05, 0) is 31.9 Å². The van der Waals surface area contributed by atoms with Crippen LogP contribution >= 0.6 is 0 Å². The van der Waals surface area contributed by atoms with E-state index in [2.05, 4.69) is 11.3 Å². The van der Waals surface area contributed by atoms with Crippen molar-refractivity contribution in [3.8, 4) is 0 Å². The normalized spacial score (nSPS) is 22.7. The Morgan fingerprint density at radius 2 is 1.71 bits per heavy atom. The maximum Gasteiger partial charge on any atom is 0.0804 e. The van der Waals surface area contributed by atoms with Crippen LogP contribution in [-0.4, -0.2) is 16.0 Å². The molecule has 17 heavy (non-hydrogen) atoms. The number of hydrogen-bond acceptors (Lipinski definition) is 2. The summed E-state index contributed by atoms with van der Waals surface area (Å²) >= 11 is 0. The smallest absolute Gasteiger partial charge is 0.0804 e. The van der Waals surface area contributed by atoms with Crippen molar-refractivity contribution in [3.05, 3.63) is 30.3 Å². The third-order valence-electron chi connectivity index (χ3n) is 3.90. The second-order valence-corrected chi connectivity index (χ2v) is 7.91. The first-order valence-electron chi connectivity index (χ1n) is 6.32. The van der Waals surface area contributed by atoms with Crippen molar-refractivity contribution in [1.82, 2.24) is 0 Å². The standard InChI is InChI=1S/C14H21NOS/c1-14(11-7-4-8-12-14)17(16,15-2)13-9-5-3-6-10-13/h3,5-6,9-10H,4,7-8,11-12H2,1-2H3. The topological polar surface area (TPSA) is 29.4 Å². The Bertz CT molecular complexity index is 480. The van der Waals surface area contributed by atoms with E-state index in [1.165, 1.54) is 19.3 Å². The van der Waals surface area contributed by atoms with Gasteiger partial charge in [-0.25, -0.2) is 8.57 Å². The molecule has 0 radical (unpaired) electrons. The molecule has 1 aromatic carbocycles. The monoisotopic (exact) mass is 251 g/mol. The summed E-state index contributed by atoms with van der Waals surface area (Å²) in [6, 6.07) is 9.77. The fourth-order valence-electron chi connectivity index (χ4n) is 2.79. The molecule has 1 aromatic rings. The molecular weight excluding hydrogens is 230 g/mol. The molecule has 2 nitrogen and oxygen atoms in total. The Balaban J connectivity index is 2.49. The van der Waals surface area contributed by atoms with Gasteiger partial charge in [-0.3, -0.25) is 0 Å². The minimum atomic E-state index is -2.28. The summed E-state index contributed by atoms with van der Waals surface area (Å²) in [4.78, 5) is 0.895. The molecule has 1 aliphatic carbocycles. The number of nitrogens with zero attached hydrogens (tertiary/aromatic N) is 1. The molecule has 1 aliphatic rings. The Labute approximate surface area is 105 Å². The minimum Gasteiger partial charge on any atom is -0.244 e. The van der Waals surface area contributed by atoms with Gasteiger partial charge in [-0.1, -0.05) is 37.5 Å². The van der Waals surface area contributed by atoms with Gasteiger partial charge in [-0.2, -0.15) is 0 Å². The predicted molar refractivity (Wildman–Crippen MR) is 72.7 cm³/mol. The van der Waals surface area contributed by atoms with Gasteiger partial charge in [0, 0.05) is 11.9 Å². The van der Waals surface area contributed by atoms with Crippen LogP contribution in [-0.2, 0) is 9.73 Å². The molecule has 0 N–H and O–H groups in total. The van der Waals surface area contributed by atoms with Gasteiger partial charge in [0.05, 0.1) is 14.5 Å². The van der Waals surface area contributed by atoms with E-state index in [1.807, 2.05) is 30.3 Å². The Morgan fingerprint density at radius 1 is 1.12 bits per heavy atom. The largest absolute Gasteiger partial charge is 0.244 e. The second-order valence-electron chi connectivity index (χ2n) is 5.03. The van der Waals surface area contributed by atoms with Crippen molar-refractivity contribution in [3.63, 3.8) is 0 Å². The first-order chi connectivity index (χ1) is 8.12. The SMILES string of the molecule is CN=S(=O)(c1ccccc1)C1(C)CCCCC1. The van der Waals surface area contributed by atoms with Crippen molar-refractivity contribution in [2.75, 3.05) is 7.05 Å². The van der Waals surface area contributed by atoms with E-state index < -0.39 is 9.73 Å². The molecule has 0 bridgehead atoms. The zero-order valence-corrected chi connectivity index (χ0v) is 11.5. The predicted octanol–water partition coefficient (Wildman–Crippen LogP) is 3.87. The summed E-state index contributed by atoms with van der Waals surface area (Å²) in [5, 5.41) is 0. The third kappa shape index (κ3) is 2.13. The third-order valence-corrected chi connectivity index (χ3v) is 7.07. The van der Waals surface area contributed by atoms with Crippen molar-refractivity contribution in [1.29, 1.82) is 0 Å². The number of hydrogen-bond donors (Lipinski definition) is 0. The zero-order chi connectivity index (χ0) is 12.4. The van der Waals surface area contributed by atoms with Crippen LogP contribution < -0.4 is 0 Å². The molecule has 1 fully saturated rings. The van der Waals surface area contributed by atoms with Crippen LogP contribution in [0.2, 0.25) is 0 Å². The molecule has 94 valence electrons. The maximum absolute atomic E-state index is 13.3. The Hall–Kier alpha value is -0.830. The molecule has 1 atom stereocenters. The highest BCUT2D eigenvalue weighted by atomic mass is 32.2. The van der Waals surface area contributed by atoms with Gasteiger partial charge >= 0.3 is 0 Å². The number of benzene rings is 1. The van der Waals surface area contributed by atoms with Crippen molar-refractivity contribution < 1.29 is 4.21 Å². The molecule has 0 saturated heterocycles. The lowest BCUT2D eigenvalue weighted by atomic mass is 9.90. The van der Waals surface area contributed by atoms with E-state index in [4.69, 9.17) is 0 Å². The summed E-state index contributed by atoms with van der Waals surface area (Å²) in [7, 11) is -0.578. The molecule has 0 amide bonds. The summed E-state index contributed by atoms with van der Waals surface area (Å²) in [5.41, 5.74) is 0. The molecule has 1 unspecified atom stereocenters. The molecule has 3 heteroatoms. The van der Waals surface area contributed by atoms with E-state index in [0.29, 0.717) is 0 Å². The highest BCUT2D eigenvalue weighted by Gasteiger charge is 2.38. The van der Waals surface area contributed by atoms with Gasteiger partial charge < -0.3 is 0 Å². The highest BCUT2D eigenvalue weighted by Crippen LogP contribution is 2.39. The van der Waals surface area contributed by atoms with Crippen LogP contribution in [0, 0.1) is 0 Å². The van der Waals surface area contributed by atoms with Gasteiger partial charge in [0.25, 0.3) is 0 Å². The van der Waals surface area contributed by atoms with Crippen molar-refractivity contribution in [2.45, 2.75) is 48.7 Å². The van der Waals surface area contributed by atoms with E-state index >= 15 is 0 Å². The summed E-state index contributed by atoms with van der Waals surface area (Å²) < 4.78 is 17.4. The lowest BCUT2D eigenvalue weighted by Gasteiger charge is -2.36. The Kier molecular flexibility index (Phi) is 3.57. The van der Waals surface area contributed by atoms with Crippen LogP contribution in [0.4, 0.5) is 0 Å².